The fourth-order valence-corrected chi connectivity index (χ4v) is 4.78. The Morgan fingerprint density at radius 3 is 2.39 bits per heavy atom. The molecular weight excluding hydrogens is 412 g/mol. The number of fused-ring (bicyclic) bond motifs is 2. The minimum Gasteiger partial charge on any atom is -0.487 e. The van der Waals surface area contributed by atoms with Crippen LogP contribution in [0.15, 0.2) is 83.7 Å². The van der Waals surface area contributed by atoms with Crippen molar-refractivity contribution in [3.63, 3.8) is 0 Å². The number of ether oxygens (including phenoxy) is 1. The Bertz CT molecular complexity index is 1310. The van der Waals surface area contributed by atoms with Crippen LogP contribution in [-0.2, 0) is 19.4 Å². The lowest BCUT2D eigenvalue weighted by atomic mass is 9.97. The number of aliphatic hydroxyl groups excluding tert-OH is 1. The lowest BCUT2D eigenvalue weighted by molar-refractivity contribution is 0.160. The van der Waals surface area contributed by atoms with Gasteiger partial charge in [0, 0.05) is 23.5 Å². The van der Waals surface area contributed by atoms with E-state index in [4.69, 9.17) is 4.74 Å². The molecule has 0 saturated heterocycles. The zero-order chi connectivity index (χ0) is 22.8. The maximum Gasteiger partial charge on any atom is 0.248 e. The highest BCUT2D eigenvalue weighted by Gasteiger charge is 2.32. The van der Waals surface area contributed by atoms with Gasteiger partial charge in [0.05, 0.1) is 11.6 Å². The van der Waals surface area contributed by atoms with Gasteiger partial charge in [0.2, 0.25) is 5.56 Å². The number of β-amino-alcohol motifs (C(OH)–C–C–N with tert-alkyl or cyclic N) is 1. The Labute approximate surface area is 193 Å². The third-order valence-corrected chi connectivity index (χ3v) is 6.49. The number of pyridine rings is 1. The monoisotopic (exact) mass is 440 g/mol. The van der Waals surface area contributed by atoms with E-state index in [0.717, 1.165) is 29.4 Å². The molecule has 5 rings (SSSR count). The second-order valence-corrected chi connectivity index (χ2v) is 9.12. The molecule has 1 aliphatic rings. The van der Waals surface area contributed by atoms with Crippen LogP contribution in [-0.4, -0.2) is 22.2 Å². The molecule has 0 spiro atoms. The van der Waals surface area contributed by atoms with Crippen LogP contribution >= 0.6 is 0 Å². The smallest absolute Gasteiger partial charge is 0.248 e. The third-order valence-electron chi connectivity index (χ3n) is 6.49. The molecule has 0 fully saturated rings. The summed E-state index contributed by atoms with van der Waals surface area (Å²) in [6.45, 7) is 3.02. The van der Waals surface area contributed by atoms with Gasteiger partial charge in [-0.05, 0) is 54.2 Å². The largest absolute Gasteiger partial charge is 0.487 e. The van der Waals surface area contributed by atoms with Crippen molar-refractivity contribution in [2.45, 2.75) is 38.0 Å². The molecule has 0 amide bonds. The fraction of sp³-hybridized carbons (Fsp3) is 0.250. The van der Waals surface area contributed by atoms with Gasteiger partial charge in [0.1, 0.15) is 12.4 Å². The van der Waals surface area contributed by atoms with Crippen molar-refractivity contribution in [1.82, 2.24) is 10.3 Å². The van der Waals surface area contributed by atoms with Crippen LogP contribution in [0.1, 0.15) is 35.3 Å². The summed E-state index contributed by atoms with van der Waals surface area (Å²) in [4.78, 5) is 14.9. The van der Waals surface area contributed by atoms with E-state index >= 15 is 0 Å². The number of benzene rings is 3. The second kappa shape index (κ2) is 8.85. The number of rotatable bonds is 7. The first-order valence-electron chi connectivity index (χ1n) is 11.3. The first-order valence-corrected chi connectivity index (χ1v) is 11.3. The number of H-pyrrole nitrogens is 1. The summed E-state index contributed by atoms with van der Waals surface area (Å²) < 4.78 is 6.02. The van der Waals surface area contributed by atoms with Gasteiger partial charge in [-0.15, -0.1) is 0 Å². The first kappa shape index (κ1) is 21.4. The molecule has 33 heavy (non-hydrogen) atoms. The lowest BCUT2D eigenvalue weighted by Gasteiger charge is -2.27. The van der Waals surface area contributed by atoms with Crippen LogP contribution in [0, 0.1) is 0 Å². The zero-order valence-electron chi connectivity index (χ0n) is 18.7. The van der Waals surface area contributed by atoms with Crippen LogP contribution in [0.4, 0.5) is 0 Å². The van der Waals surface area contributed by atoms with Gasteiger partial charge in [-0.25, -0.2) is 0 Å². The first-order chi connectivity index (χ1) is 16.0. The molecule has 5 nitrogen and oxygen atoms in total. The van der Waals surface area contributed by atoms with Gasteiger partial charge in [0.15, 0.2) is 0 Å². The van der Waals surface area contributed by atoms with Crippen LogP contribution < -0.4 is 15.6 Å². The predicted molar refractivity (Wildman–Crippen MR) is 131 cm³/mol. The molecule has 4 aromatic rings. The van der Waals surface area contributed by atoms with Crippen LogP contribution in [0.2, 0.25) is 0 Å². The average Bonchev–Trinajstić information content (AvgIpc) is 3.18. The van der Waals surface area contributed by atoms with Crippen molar-refractivity contribution in [1.29, 1.82) is 0 Å². The summed E-state index contributed by atoms with van der Waals surface area (Å²) in [5.41, 5.74) is 4.86. The molecule has 3 aromatic carbocycles. The molecule has 5 heteroatoms. The molecule has 1 heterocycles. The Morgan fingerprint density at radius 1 is 0.970 bits per heavy atom. The van der Waals surface area contributed by atoms with Gasteiger partial charge < -0.3 is 20.1 Å². The van der Waals surface area contributed by atoms with Crippen molar-refractivity contribution in [3.05, 3.63) is 111 Å². The minimum absolute atomic E-state index is 0.0898. The van der Waals surface area contributed by atoms with E-state index in [9.17, 15) is 9.90 Å². The maximum absolute atomic E-state index is 12.1. The number of nitrogens with one attached hydrogen (secondary N) is 2. The summed E-state index contributed by atoms with van der Waals surface area (Å²) >= 11 is 0. The van der Waals surface area contributed by atoms with E-state index < -0.39 is 6.10 Å². The summed E-state index contributed by atoms with van der Waals surface area (Å²) in [5, 5.41) is 15.5. The van der Waals surface area contributed by atoms with Gasteiger partial charge in [-0.2, -0.15) is 0 Å². The molecule has 3 N–H and O–H groups in total. The van der Waals surface area contributed by atoms with E-state index in [1.165, 1.54) is 17.2 Å². The number of aliphatic hydroxyl groups is 1. The molecule has 0 unspecified atom stereocenters. The Morgan fingerprint density at radius 2 is 1.67 bits per heavy atom. The average molecular weight is 441 g/mol. The van der Waals surface area contributed by atoms with Gasteiger partial charge >= 0.3 is 0 Å². The summed E-state index contributed by atoms with van der Waals surface area (Å²) in [6.07, 6.45) is 1.16. The van der Waals surface area contributed by atoms with E-state index in [0.29, 0.717) is 24.4 Å². The fourth-order valence-electron chi connectivity index (χ4n) is 4.78. The van der Waals surface area contributed by atoms with Crippen molar-refractivity contribution < 1.29 is 9.84 Å². The van der Waals surface area contributed by atoms with Gasteiger partial charge in [0.25, 0.3) is 0 Å². The molecule has 0 aliphatic heterocycles. The highest BCUT2D eigenvalue weighted by molar-refractivity contribution is 5.87. The van der Waals surface area contributed by atoms with Crippen LogP contribution in [0.25, 0.3) is 10.9 Å². The van der Waals surface area contributed by atoms with Crippen LogP contribution in [0.3, 0.4) is 0 Å². The van der Waals surface area contributed by atoms with E-state index in [-0.39, 0.29) is 11.1 Å². The molecule has 0 saturated carbocycles. The molecule has 168 valence electrons. The Balaban J connectivity index is 1.35. The van der Waals surface area contributed by atoms with E-state index in [1.807, 2.05) is 42.5 Å². The van der Waals surface area contributed by atoms with Crippen LogP contribution in [0.5, 0.6) is 5.75 Å². The predicted octanol–water partition coefficient (Wildman–Crippen LogP) is 4.29. The summed E-state index contributed by atoms with van der Waals surface area (Å²) in [7, 11) is 0. The lowest BCUT2D eigenvalue weighted by Crippen LogP contribution is -2.45. The van der Waals surface area contributed by atoms with Gasteiger partial charge in [-0.1, -0.05) is 60.7 Å². The molecular formula is C28H28N2O3. The second-order valence-electron chi connectivity index (χ2n) is 9.12. The zero-order valence-corrected chi connectivity index (χ0v) is 18.7. The molecule has 1 aromatic heterocycles. The molecule has 0 bridgehead atoms. The maximum atomic E-state index is 12.1. The molecule has 1 aliphatic carbocycles. The van der Waals surface area contributed by atoms with E-state index in [1.54, 1.807) is 6.07 Å². The number of aromatic amines is 1. The van der Waals surface area contributed by atoms with Crippen molar-refractivity contribution in [3.8, 4) is 5.75 Å². The number of aromatic nitrogens is 1. The van der Waals surface area contributed by atoms with E-state index in [2.05, 4.69) is 41.5 Å². The van der Waals surface area contributed by atoms with Crippen molar-refractivity contribution >= 4 is 10.9 Å². The number of hydrogen-bond acceptors (Lipinski definition) is 4. The van der Waals surface area contributed by atoms with Crippen molar-refractivity contribution in [2.24, 2.45) is 0 Å². The van der Waals surface area contributed by atoms with Crippen molar-refractivity contribution in [2.75, 3.05) is 6.54 Å². The quantitative estimate of drug-likeness (QED) is 0.401. The number of hydrogen-bond donors (Lipinski definition) is 3. The third kappa shape index (κ3) is 4.56. The highest BCUT2D eigenvalue weighted by Crippen LogP contribution is 2.32. The minimum atomic E-state index is -0.720. The Kier molecular flexibility index (Phi) is 5.75. The molecule has 1 atom stereocenters. The SMILES string of the molecule is CC1(NC[C@H](O)c2ccc(OCc3ccccc3)c3[nH]c(=O)ccc23)Cc2ccccc2C1. The normalized spacial score (nSPS) is 15.3. The molecule has 0 radical (unpaired) electrons. The summed E-state index contributed by atoms with van der Waals surface area (Å²) in [6, 6.07) is 25.4. The standard InChI is InChI=1S/C28H28N2O3/c1-28(15-20-9-5-6-10-21(20)16-28)29-17-24(31)22-11-13-25(27-23(22)12-14-26(32)30-27)33-18-19-7-3-2-4-8-19/h2-14,24,29,31H,15-18H2,1H3,(H,30,32)/t24-/m0/s1. The Hall–Kier alpha value is -3.41. The van der Waals surface area contributed by atoms with Gasteiger partial charge in [-0.3, -0.25) is 4.79 Å². The topological polar surface area (TPSA) is 74.3 Å². The summed E-state index contributed by atoms with van der Waals surface area (Å²) in [5.74, 6) is 0.591. The highest BCUT2D eigenvalue weighted by atomic mass is 16.5.